The number of aryl methyl sites for hydroxylation is 1. The minimum absolute atomic E-state index is 0.0504. The van der Waals surface area contributed by atoms with Crippen LogP contribution in [0.3, 0.4) is 0 Å². The summed E-state index contributed by atoms with van der Waals surface area (Å²) in [7, 11) is 0. The summed E-state index contributed by atoms with van der Waals surface area (Å²) in [6.45, 7) is 7.30. The molecule has 168 valence electrons. The lowest BCUT2D eigenvalue weighted by atomic mass is 10.0. The number of fused-ring (bicyclic) bond motifs is 1. The standard InChI is InChI=1S/C25H28N2O5/c1-16-13-20(21(23(28)29)19-11-8-12-26-22(16)19)31-15-18(14-17-9-6-5-7-10-17)27-24(30)32-25(2,3)4/h5-13,18H,14-15H2,1-4H3,(H,27,30)(H,28,29)/t18-/m1/s1. The van der Waals surface area contributed by atoms with E-state index in [1.54, 1.807) is 45.2 Å². The van der Waals surface area contributed by atoms with Crippen LogP contribution in [0.2, 0.25) is 0 Å². The van der Waals surface area contributed by atoms with Crippen LogP contribution in [0.4, 0.5) is 4.79 Å². The number of pyridine rings is 1. The van der Waals surface area contributed by atoms with Crippen LogP contribution >= 0.6 is 0 Å². The Bertz CT molecular complexity index is 1110. The Kier molecular flexibility index (Phi) is 6.98. The molecule has 32 heavy (non-hydrogen) atoms. The van der Waals surface area contributed by atoms with Gasteiger partial charge in [0.2, 0.25) is 0 Å². The van der Waals surface area contributed by atoms with Crippen LogP contribution in [0.15, 0.2) is 54.7 Å². The normalized spacial score (nSPS) is 12.2. The summed E-state index contributed by atoms with van der Waals surface area (Å²) in [5, 5.41) is 13.2. The average Bonchev–Trinajstić information content (AvgIpc) is 2.71. The Morgan fingerprint density at radius 2 is 1.84 bits per heavy atom. The van der Waals surface area contributed by atoms with Gasteiger partial charge >= 0.3 is 12.1 Å². The monoisotopic (exact) mass is 436 g/mol. The van der Waals surface area contributed by atoms with E-state index in [0.717, 1.165) is 11.1 Å². The van der Waals surface area contributed by atoms with Gasteiger partial charge in [-0.1, -0.05) is 36.4 Å². The van der Waals surface area contributed by atoms with Crippen LogP contribution in [0.1, 0.15) is 42.3 Å². The molecule has 3 aromatic rings. The van der Waals surface area contributed by atoms with E-state index >= 15 is 0 Å². The number of carbonyl (C=O) groups is 2. The Balaban J connectivity index is 1.86. The molecular formula is C25H28N2O5. The van der Waals surface area contributed by atoms with E-state index in [2.05, 4.69) is 10.3 Å². The second-order valence-electron chi connectivity index (χ2n) is 8.62. The van der Waals surface area contributed by atoms with E-state index in [4.69, 9.17) is 9.47 Å². The number of rotatable bonds is 7. The van der Waals surface area contributed by atoms with Gasteiger partial charge in [-0.25, -0.2) is 9.59 Å². The molecule has 0 unspecified atom stereocenters. The third-order valence-corrected chi connectivity index (χ3v) is 4.74. The Morgan fingerprint density at radius 1 is 1.12 bits per heavy atom. The van der Waals surface area contributed by atoms with E-state index in [1.807, 2.05) is 37.3 Å². The van der Waals surface area contributed by atoms with E-state index in [-0.39, 0.29) is 17.9 Å². The molecule has 0 saturated heterocycles. The first-order valence-corrected chi connectivity index (χ1v) is 10.4. The molecule has 0 fully saturated rings. The van der Waals surface area contributed by atoms with E-state index in [9.17, 15) is 14.7 Å². The minimum Gasteiger partial charge on any atom is -0.490 e. The fourth-order valence-corrected chi connectivity index (χ4v) is 3.44. The number of alkyl carbamates (subject to hydrolysis) is 1. The number of nitrogens with zero attached hydrogens (tertiary/aromatic N) is 1. The van der Waals surface area contributed by atoms with Crippen LogP contribution in [-0.4, -0.2) is 40.4 Å². The lowest BCUT2D eigenvalue weighted by Gasteiger charge is -2.24. The molecule has 1 heterocycles. The van der Waals surface area contributed by atoms with Gasteiger partial charge in [0.1, 0.15) is 23.5 Å². The molecule has 3 rings (SSSR count). The molecule has 7 nitrogen and oxygen atoms in total. The molecule has 7 heteroatoms. The molecule has 2 N–H and O–H groups in total. The van der Waals surface area contributed by atoms with Gasteiger partial charge in [-0.15, -0.1) is 0 Å². The topological polar surface area (TPSA) is 97.8 Å². The molecule has 0 aliphatic heterocycles. The number of aromatic carboxylic acids is 1. The second kappa shape index (κ2) is 9.68. The number of benzene rings is 2. The van der Waals surface area contributed by atoms with Crippen molar-refractivity contribution in [2.24, 2.45) is 0 Å². The number of ether oxygens (including phenoxy) is 2. The third-order valence-electron chi connectivity index (χ3n) is 4.74. The molecule has 0 radical (unpaired) electrons. The van der Waals surface area contributed by atoms with Crippen molar-refractivity contribution in [1.82, 2.24) is 10.3 Å². The summed E-state index contributed by atoms with van der Waals surface area (Å²) < 4.78 is 11.4. The molecule has 0 bridgehead atoms. The highest BCUT2D eigenvalue weighted by Gasteiger charge is 2.23. The average molecular weight is 437 g/mol. The molecule has 0 aliphatic carbocycles. The van der Waals surface area contributed by atoms with E-state index < -0.39 is 23.7 Å². The number of carbonyl (C=O) groups excluding carboxylic acids is 1. The lowest BCUT2D eigenvalue weighted by Crippen LogP contribution is -2.43. The molecule has 0 saturated carbocycles. The van der Waals surface area contributed by atoms with Crippen molar-refractivity contribution >= 4 is 23.0 Å². The number of hydrogen-bond acceptors (Lipinski definition) is 5. The molecule has 2 aromatic carbocycles. The molecule has 0 spiro atoms. The summed E-state index contributed by atoms with van der Waals surface area (Å²) in [5.74, 6) is -0.864. The van der Waals surface area contributed by atoms with Crippen molar-refractivity contribution < 1.29 is 24.2 Å². The number of hydrogen-bond donors (Lipinski definition) is 2. The largest absolute Gasteiger partial charge is 0.490 e. The van der Waals surface area contributed by atoms with Gasteiger partial charge in [0, 0.05) is 11.6 Å². The van der Waals surface area contributed by atoms with Crippen LogP contribution in [0.5, 0.6) is 5.75 Å². The van der Waals surface area contributed by atoms with Crippen LogP contribution < -0.4 is 10.1 Å². The first-order chi connectivity index (χ1) is 15.1. The Morgan fingerprint density at radius 3 is 2.50 bits per heavy atom. The Hall–Kier alpha value is -3.61. The zero-order valence-corrected chi connectivity index (χ0v) is 18.7. The van der Waals surface area contributed by atoms with Crippen molar-refractivity contribution in [2.75, 3.05) is 6.61 Å². The number of aromatic nitrogens is 1. The van der Waals surface area contributed by atoms with E-state index in [0.29, 0.717) is 17.3 Å². The fraction of sp³-hybridized carbons (Fsp3) is 0.320. The lowest BCUT2D eigenvalue weighted by molar-refractivity contribution is 0.0485. The van der Waals surface area contributed by atoms with Crippen molar-refractivity contribution in [3.05, 3.63) is 71.4 Å². The fourth-order valence-electron chi connectivity index (χ4n) is 3.44. The quantitative estimate of drug-likeness (QED) is 0.554. The molecule has 1 aromatic heterocycles. The number of carboxylic acid groups (broad SMARTS) is 1. The maximum Gasteiger partial charge on any atom is 0.408 e. The van der Waals surface area contributed by atoms with Crippen molar-refractivity contribution in [1.29, 1.82) is 0 Å². The highest BCUT2D eigenvalue weighted by molar-refractivity contribution is 6.06. The van der Waals surface area contributed by atoms with Gasteiger partial charge in [-0.05, 0) is 57.4 Å². The summed E-state index contributed by atoms with van der Waals surface area (Å²) >= 11 is 0. The number of carboxylic acids is 1. The predicted molar refractivity (Wildman–Crippen MR) is 122 cm³/mol. The highest BCUT2D eigenvalue weighted by Crippen LogP contribution is 2.30. The number of amides is 1. The van der Waals surface area contributed by atoms with Gasteiger partial charge in [0.05, 0.1) is 11.6 Å². The molecule has 1 amide bonds. The van der Waals surface area contributed by atoms with Crippen molar-refractivity contribution in [3.63, 3.8) is 0 Å². The minimum atomic E-state index is -1.10. The van der Waals surface area contributed by atoms with Gasteiger partial charge < -0.3 is 19.9 Å². The first kappa shape index (κ1) is 23.1. The van der Waals surface area contributed by atoms with Gasteiger partial charge in [0.25, 0.3) is 0 Å². The predicted octanol–water partition coefficient (Wildman–Crippen LogP) is 4.76. The first-order valence-electron chi connectivity index (χ1n) is 10.4. The molecule has 0 aliphatic rings. The van der Waals surface area contributed by atoms with Crippen LogP contribution in [0, 0.1) is 6.92 Å². The zero-order chi connectivity index (χ0) is 23.3. The molecule has 1 atom stereocenters. The summed E-state index contributed by atoms with van der Waals surface area (Å²) in [6, 6.07) is 14.3. The van der Waals surface area contributed by atoms with Crippen molar-refractivity contribution in [3.8, 4) is 5.75 Å². The van der Waals surface area contributed by atoms with Gasteiger partial charge in [-0.3, -0.25) is 4.98 Å². The van der Waals surface area contributed by atoms with Gasteiger partial charge in [0.15, 0.2) is 0 Å². The SMILES string of the molecule is Cc1cc(OC[C@@H](Cc2ccccc2)NC(=O)OC(C)(C)C)c(C(=O)O)c2cccnc12. The summed E-state index contributed by atoms with van der Waals surface area (Å²) in [6.07, 6.45) is 1.57. The highest BCUT2D eigenvalue weighted by atomic mass is 16.6. The van der Waals surface area contributed by atoms with Gasteiger partial charge in [-0.2, -0.15) is 0 Å². The van der Waals surface area contributed by atoms with E-state index in [1.165, 1.54) is 0 Å². The maximum atomic E-state index is 12.4. The molecular weight excluding hydrogens is 408 g/mol. The maximum absolute atomic E-state index is 12.4. The zero-order valence-electron chi connectivity index (χ0n) is 18.7. The number of nitrogens with one attached hydrogen (secondary N) is 1. The summed E-state index contributed by atoms with van der Waals surface area (Å²) in [4.78, 5) is 28.7. The summed E-state index contributed by atoms with van der Waals surface area (Å²) in [5.41, 5.74) is 1.84. The Labute approximate surface area is 187 Å². The van der Waals surface area contributed by atoms with Crippen LogP contribution in [0.25, 0.3) is 10.9 Å². The van der Waals surface area contributed by atoms with Crippen molar-refractivity contribution in [2.45, 2.75) is 45.8 Å². The smallest absolute Gasteiger partial charge is 0.408 e. The second-order valence-corrected chi connectivity index (χ2v) is 8.62. The van der Waals surface area contributed by atoms with Crippen LogP contribution in [-0.2, 0) is 11.2 Å². The third kappa shape index (κ3) is 5.97.